The first-order chi connectivity index (χ1) is 17.1. The van der Waals surface area contributed by atoms with Crippen molar-refractivity contribution in [3.63, 3.8) is 0 Å². The zero-order valence-electron chi connectivity index (χ0n) is 20.1. The number of H-pyrrole nitrogens is 1. The van der Waals surface area contributed by atoms with Crippen LogP contribution in [0.15, 0.2) is 67.0 Å². The minimum atomic E-state index is -0.345. The number of carbonyl (C=O) groups is 1. The zero-order valence-corrected chi connectivity index (χ0v) is 20.1. The van der Waals surface area contributed by atoms with E-state index in [1.165, 1.54) is 5.56 Å². The average Bonchev–Trinajstić information content (AvgIpc) is 3.43. The van der Waals surface area contributed by atoms with Gasteiger partial charge in [-0.3, -0.25) is 14.9 Å². The van der Waals surface area contributed by atoms with Crippen LogP contribution in [0, 0.1) is 6.92 Å². The fourth-order valence-electron chi connectivity index (χ4n) is 4.51. The Morgan fingerprint density at radius 3 is 2.63 bits per heavy atom. The van der Waals surface area contributed by atoms with Gasteiger partial charge in [0.1, 0.15) is 5.69 Å². The SMILES string of the molecule is CCCOc1ccc(C2c3c(-c4ccc(C)cc4)n[nH]c3C(=O)N2Cc2cccnc2)cc1OC. The number of aromatic amines is 1. The number of aryl methyl sites for hydroxylation is 1. The maximum absolute atomic E-state index is 13.6. The Morgan fingerprint density at radius 1 is 1.09 bits per heavy atom. The van der Waals surface area contributed by atoms with Crippen LogP contribution in [0.5, 0.6) is 11.5 Å². The van der Waals surface area contributed by atoms with Gasteiger partial charge in [-0.25, -0.2) is 0 Å². The van der Waals surface area contributed by atoms with Crippen LogP contribution in [-0.2, 0) is 6.54 Å². The molecule has 2 aromatic heterocycles. The van der Waals surface area contributed by atoms with Gasteiger partial charge in [0.25, 0.3) is 5.91 Å². The number of amides is 1. The number of rotatable bonds is 8. The Balaban J connectivity index is 1.63. The molecule has 4 aromatic rings. The summed E-state index contributed by atoms with van der Waals surface area (Å²) in [6, 6.07) is 17.6. The third kappa shape index (κ3) is 4.25. The van der Waals surface area contributed by atoms with Gasteiger partial charge in [-0.15, -0.1) is 0 Å². The molecule has 35 heavy (non-hydrogen) atoms. The summed E-state index contributed by atoms with van der Waals surface area (Å²) in [5.74, 6) is 1.23. The van der Waals surface area contributed by atoms with Crippen molar-refractivity contribution in [2.24, 2.45) is 0 Å². The number of pyridine rings is 1. The molecule has 1 atom stereocenters. The van der Waals surface area contributed by atoms with Crippen LogP contribution in [0.2, 0.25) is 0 Å². The van der Waals surface area contributed by atoms with E-state index in [9.17, 15) is 4.79 Å². The summed E-state index contributed by atoms with van der Waals surface area (Å²) in [6.45, 7) is 5.14. The molecule has 2 aromatic carbocycles. The molecule has 1 amide bonds. The highest BCUT2D eigenvalue weighted by Gasteiger charge is 2.42. The second-order valence-corrected chi connectivity index (χ2v) is 8.68. The first kappa shape index (κ1) is 22.7. The molecule has 0 bridgehead atoms. The van der Waals surface area contributed by atoms with Crippen LogP contribution in [0.4, 0.5) is 0 Å². The van der Waals surface area contributed by atoms with Crippen LogP contribution < -0.4 is 9.47 Å². The van der Waals surface area contributed by atoms with Crippen molar-refractivity contribution in [3.8, 4) is 22.8 Å². The number of hydrogen-bond acceptors (Lipinski definition) is 5. The standard InChI is InChI=1S/C28H28N4O3/c1-4-14-35-22-12-11-21(15-23(22)34-3)27-24-25(20-9-7-18(2)8-10-20)30-31-26(24)28(33)32(27)17-19-6-5-13-29-16-19/h5-13,15-16,27H,4,14,17H2,1-3H3,(H,30,31). The monoisotopic (exact) mass is 468 g/mol. The molecule has 1 aliphatic rings. The van der Waals surface area contributed by atoms with Gasteiger partial charge in [-0.2, -0.15) is 5.10 Å². The van der Waals surface area contributed by atoms with Gasteiger partial charge in [0.05, 0.1) is 25.5 Å². The van der Waals surface area contributed by atoms with Crippen molar-refractivity contribution in [1.29, 1.82) is 0 Å². The zero-order chi connectivity index (χ0) is 24.4. The number of aromatic nitrogens is 3. The molecule has 0 spiro atoms. The number of hydrogen-bond donors (Lipinski definition) is 1. The molecule has 5 rings (SSSR count). The molecule has 0 aliphatic carbocycles. The van der Waals surface area contributed by atoms with Gasteiger partial charge < -0.3 is 14.4 Å². The number of nitrogens with zero attached hydrogens (tertiary/aromatic N) is 3. The lowest BCUT2D eigenvalue weighted by Gasteiger charge is -2.27. The van der Waals surface area contributed by atoms with E-state index < -0.39 is 0 Å². The lowest BCUT2D eigenvalue weighted by Crippen LogP contribution is -2.29. The summed E-state index contributed by atoms with van der Waals surface area (Å²) in [4.78, 5) is 19.7. The second-order valence-electron chi connectivity index (χ2n) is 8.68. The molecule has 1 N–H and O–H groups in total. The molecule has 1 unspecified atom stereocenters. The predicted octanol–water partition coefficient (Wildman–Crippen LogP) is 5.32. The second kappa shape index (κ2) is 9.62. The van der Waals surface area contributed by atoms with Crippen LogP contribution >= 0.6 is 0 Å². The van der Waals surface area contributed by atoms with E-state index in [1.807, 2.05) is 47.4 Å². The normalized spacial score (nSPS) is 14.8. The number of methoxy groups -OCH3 is 1. The smallest absolute Gasteiger partial charge is 0.273 e. The Kier molecular flexibility index (Phi) is 6.23. The lowest BCUT2D eigenvalue weighted by molar-refractivity contribution is 0.0729. The lowest BCUT2D eigenvalue weighted by atomic mass is 9.95. The van der Waals surface area contributed by atoms with Gasteiger partial charge in [0, 0.05) is 30.1 Å². The summed E-state index contributed by atoms with van der Waals surface area (Å²) in [5, 5.41) is 7.58. The van der Waals surface area contributed by atoms with E-state index in [1.54, 1.807) is 19.5 Å². The Bertz CT molecular complexity index is 1330. The van der Waals surface area contributed by atoms with Crippen molar-refractivity contribution in [3.05, 3.63) is 94.9 Å². The summed E-state index contributed by atoms with van der Waals surface area (Å²) in [7, 11) is 1.63. The van der Waals surface area contributed by atoms with E-state index in [0.29, 0.717) is 30.3 Å². The van der Waals surface area contributed by atoms with Gasteiger partial charge >= 0.3 is 0 Å². The fraction of sp³-hybridized carbons (Fsp3) is 0.250. The molecule has 0 fully saturated rings. The highest BCUT2D eigenvalue weighted by Crippen LogP contribution is 2.45. The summed E-state index contributed by atoms with van der Waals surface area (Å²) >= 11 is 0. The van der Waals surface area contributed by atoms with Crippen LogP contribution in [0.25, 0.3) is 11.3 Å². The molecular formula is C28H28N4O3. The van der Waals surface area contributed by atoms with Crippen LogP contribution in [0.3, 0.4) is 0 Å². The van der Waals surface area contributed by atoms with Crippen molar-refractivity contribution in [2.75, 3.05) is 13.7 Å². The van der Waals surface area contributed by atoms with Gasteiger partial charge in [0.2, 0.25) is 0 Å². The third-order valence-corrected chi connectivity index (χ3v) is 6.23. The van der Waals surface area contributed by atoms with Gasteiger partial charge in [0.15, 0.2) is 11.5 Å². The largest absolute Gasteiger partial charge is 0.493 e. The van der Waals surface area contributed by atoms with Crippen molar-refractivity contribution in [2.45, 2.75) is 32.9 Å². The minimum Gasteiger partial charge on any atom is -0.493 e. The summed E-state index contributed by atoms with van der Waals surface area (Å²) in [5.41, 5.74) is 6.17. The Hall–Kier alpha value is -4.13. The molecular weight excluding hydrogens is 440 g/mol. The Morgan fingerprint density at radius 2 is 1.91 bits per heavy atom. The quantitative estimate of drug-likeness (QED) is 0.378. The van der Waals surface area contributed by atoms with Crippen molar-refractivity contribution < 1.29 is 14.3 Å². The number of nitrogens with one attached hydrogen (secondary N) is 1. The molecule has 0 saturated carbocycles. The molecule has 0 saturated heterocycles. The van der Waals surface area contributed by atoms with E-state index in [4.69, 9.17) is 9.47 Å². The van der Waals surface area contributed by atoms with Gasteiger partial charge in [-0.05, 0) is 42.7 Å². The highest BCUT2D eigenvalue weighted by atomic mass is 16.5. The van der Waals surface area contributed by atoms with E-state index in [2.05, 4.69) is 41.2 Å². The highest BCUT2D eigenvalue weighted by molar-refractivity contribution is 6.00. The van der Waals surface area contributed by atoms with Crippen LogP contribution in [0.1, 0.15) is 52.1 Å². The predicted molar refractivity (Wildman–Crippen MR) is 133 cm³/mol. The number of carbonyl (C=O) groups excluding carboxylic acids is 1. The first-order valence-corrected chi connectivity index (χ1v) is 11.8. The maximum Gasteiger partial charge on any atom is 0.273 e. The topological polar surface area (TPSA) is 80.3 Å². The molecule has 3 heterocycles. The molecule has 7 heteroatoms. The summed E-state index contributed by atoms with van der Waals surface area (Å²) in [6.07, 6.45) is 4.42. The fourth-order valence-corrected chi connectivity index (χ4v) is 4.51. The van der Waals surface area contributed by atoms with Crippen molar-refractivity contribution in [1.82, 2.24) is 20.1 Å². The summed E-state index contributed by atoms with van der Waals surface area (Å²) < 4.78 is 11.5. The van der Waals surface area contributed by atoms with E-state index in [0.717, 1.165) is 34.4 Å². The van der Waals surface area contributed by atoms with E-state index in [-0.39, 0.29) is 11.9 Å². The molecule has 1 aliphatic heterocycles. The van der Waals surface area contributed by atoms with Gasteiger partial charge in [-0.1, -0.05) is 48.9 Å². The first-order valence-electron chi connectivity index (χ1n) is 11.8. The molecule has 0 radical (unpaired) electrons. The van der Waals surface area contributed by atoms with Crippen LogP contribution in [-0.4, -0.2) is 39.7 Å². The molecule has 178 valence electrons. The number of ether oxygens (including phenoxy) is 2. The molecule has 7 nitrogen and oxygen atoms in total. The van der Waals surface area contributed by atoms with Crippen molar-refractivity contribution >= 4 is 5.91 Å². The Labute approximate surface area is 204 Å². The third-order valence-electron chi connectivity index (χ3n) is 6.23. The average molecular weight is 469 g/mol. The van der Waals surface area contributed by atoms with E-state index >= 15 is 0 Å². The maximum atomic E-state index is 13.6. The number of benzene rings is 2. The minimum absolute atomic E-state index is 0.0926. The number of fused-ring (bicyclic) bond motifs is 1.